The maximum Gasteiger partial charge on any atom is 0.508 e. The Hall–Kier alpha value is -1.19. The number of hydrogen-bond donors (Lipinski definition) is 0. The molecule has 1 spiro atoms. The van der Waals surface area contributed by atoms with E-state index < -0.39 is 6.16 Å². The summed E-state index contributed by atoms with van der Waals surface area (Å²) in [5.41, 5.74) is 0.0555. The van der Waals surface area contributed by atoms with Crippen molar-refractivity contribution >= 4 is 6.16 Å². The maximum absolute atomic E-state index is 11.0. The van der Waals surface area contributed by atoms with Gasteiger partial charge in [-0.15, -0.1) is 0 Å². The number of allylic oxidation sites excluding steroid dienone is 1. The molecule has 0 aromatic carbocycles. The lowest BCUT2D eigenvalue weighted by Crippen LogP contribution is -2.46. The average molecular weight is 252 g/mol. The third-order valence-electron chi connectivity index (χ3n) is 4.77. The summed E-state index contributed by atoms with van der Waals surface area (Å²) in [5.74, 6) is 2.64. The van der Waals surface area contributed by atoms with Crippen LogP contribution >= 0.6 is 0 Å². The van der Waals surface area contributed by atoms with E-state index in [4.69, 9.17) is 14.2 Å². The maximum atomic E-state index is 11.0. The minimum absolute atomic E-state index is 0.0555. The second kappa shape index (κ2) is 4.18. The fourth-order valence-electron chi connectivity index (χ4n) is 4.14. The third kappa shape index (κ3) is 1.88. The van der Waals surface area contributed by atoms with Gasteiger partial charge in [0.15, 0.2) is 0 Å². The van der Waals surface area contributed by atoms with Crippen molar-refractivity contribution in [3.05, 3.63) is 12.3 Å². The molecule has 3 fully saturated rings. The van der Waals surface area contributed by atoms with Gasteiger partial charge in [-0.1, -0.05) is 6.58 Å². The zero-order valence-corrected chi connectivity index (χ0v) is 10.8. The predicted octanol–water partition coefficient (Wildman–Crippen LogP) is 2.74. The van der Waals surface area contributed by atoms with Crippen molar-refractivity contribution < 1.29 is 19.0 Å². The molecule has 3 aliphatic rings. The molecule has 1 saturated heterocycles. The number of hydrogen-bond acceptors (Lipinski definition) is 4. The molecule has 3 rings (SSSR count). The predicted molar refractivity (Wildman–Crippen MR) is 64.8 cm³/mol. The number of carbonyl (C=O) groups excluding carboxylic acids is 1. The first kappa shape index (κ1) is 11.9. The fraction of sp³-hybridized carbons (Fsp3) is 0.786. The molecule has 3 unspecified atom stereocenters. The summed E-state index contributed by atoms with van der Waals surface area (Å²) in [7, 11) is 0. The molecule has 0 amide bonds. The monoisotopic (exact) mass is 252 g/mol. The first-order chi connectivity index (χ1) is 8.59. The molecule has 1 heterocycles. The smallest absolute Gasteiger partial charge is 0.499 e. The lowest BCUT2D eigenvalue weighted by atomic mass is 9.69. The molecule has 3 atom stereocenters. The second-order valence-electron chi connectivity index (χ2n) is 6.11. The molecule has 2 aliphatic carbocycles. The molecule has 4 heteroatoms. The number of fused-ring (bicyclic) bond motifs is 3. The standard InChI is InChI=1S/C14H20O4/c1-9(2)16-6-11-3-10-4-12(11)14(5-10)7-17-13(15)18-8-14/h10-12H,1,3-8H2,2H3. The topological polar surface area (TPSA) is 44.8 Å². The van der Waals surface area contributed by atoms with Crippen LogP contribution in [0, 0.1) is 23.2 Å². The summed E-state index contributed by atoms with van der Waals surface area (Å²) < 4.78 is 15.8. The van der Waals surface area contributed by atoms with Crippen LogP contribution in [0.2, 0.25) is 0 Å². The molecule has 0 aromatic rings. The first-order valence-corrected chi connectivity index (χ1v) is 6.67. The van der Waals surface area contributed by atoms with E-state index >= 15 is 0 Å². The molecule has 0 aromatic heterocycles. The number of cyclic esters (lactones) is 2. The van der Waals surface area contributed by atoms with Crippen molar-refractivity contribution in [1.82, 2.24) is 0 Å². The molecule has 4 nitrogen and oxygen atoms in total. The van der Waals surface area contributed by atoms with Gasteiger partial charge < -0.3 is 14.2 Å². The Morgan fingerprint density at radius 3 is 2.78 bits per heavy atom. The Morgan fingerprint density at radius 1 is 1.44 bits per heavy atom. The van der Waals surface area contributed by atoms with Gasteiger partial charge in [-0.25, -0.2) is 4.79 Å². The van der Waals surface area contributed by atoms with E-state index in [2.05, 4.69) is 6.58 Å². The molecule has 2 saturated carbocycles. The average Bonchev–Trinajstić information content (AvgIpc) is 2.88. The normalized spacial score (nSPS) is 36.3. The van der Waals surface area contributed by atoms with Crippen LogP contribution in [0.5, 0.6) is 0 Å². The highest BCUT2D eigenvalue weighted by Crippen LogP contribution is 2.59. The van der Waals surface area contributed by atoms with E-state index in [1.165, 1.54) is 12.8 Å². The van der Waals surface area contributed by atoms with Crippen molar-refractivity contribution in [3.8, 4) is 0 Å². The van der Waals surface area contributed by atoms with Crippen molar-refractivity contribution in [2.45, 2.75) is 26.2 Å². The van der Waals surface area contributed by atoms with Crippen LogP contribution in [-0.2, 0) is 14.2 Å². The zero-order chi connectivity index (χ0) is 12.8. The van der Waals surface area contributed by atoms with E-state index in [1.54, 1.807) is 0 Å². The Labute approximate surface area is 107 Å². The minimum atomic E-state index is -0.516. The van der Waals surface area contributed by atoms with E-state index in [-0.39, 0.29) is 5.41 Å². The van der Waals surface area contributed by atoms with Gasteiger partial charge in [0.2, 0.25) is 0 Å². The van der Waals surface area contributed by atoms with Crippen molar-refractivity contribution in [2.24, 2.45) is 23.2 Å². The lowest BCUT2D eigenvalue weighted by molar-refractivity contribution is -0.0979. The van der Waals surface area contributed by atoms with Crippen LogP contribution < -0.4 is 0 Å². The Balaban J connectivity index is 1.68. The SMILES string of the molecule is C=C(C)OCC1CC2CC1C1(COC(=O)OC1)C2. The van der Waals surface area contributed by atoms with Crippen LogP contribution in [0.3, 0.4) is 0 Å². The van der Waals surface area contributed by atoms with E-state index in [9.17, 15) is 4.79 Å². The van der Waals surface area contributed by atoms with Crippen LogP contribution in [0.25, 0.3) is 0 Å². The highest BCUT2D eigenvalue weighted by atomic mass is 16.7. The second-order valence-corrected chi connectivity index (χ2v) is 6.11. The molecule has 0 radical (unpaired) electrons. The first-order valence-electron chi connectivity index (χ1n) is 6.67. The highest BCUT2D eigenvalue weighted by molar-refractivity contribution is 5.60. The van der Waals surface area contributed by atoms with Crippen LogP contribution in [0.1, 0.15) is 26.2 Å². The molecular formula is C14H20O4. The molecule has 1 aliphatic heterocycles. The summed E-state index contributed by atoms with van der Waals surface area (Å²) in [6, 6.07) is 0. The number of carbonyl (C=O) groups is 1. The van der Waals surface area contributed by atoms with Gasteiger partial charge in [0.05, 0.1) is 12.4 Å². The van der Waals surface area contributed by atoms with E-state index in [0.717, 1.165) is 24.7 Å². The van der Waals surface area contributed by atoms with Gasteiger partial charge in [0.25, 0.3) is 0 Å². The van der Waals surface area contributed by atoms with Crippen LogP contribution in [0.15, 0.2) is 12.3 Å². The summed E-state index contributed by atoms with van der Waals surface area (Å²) in [4.78, 5) is 11.0. The van der Waals surface area contributed by atoms with Crippen LogP contribution in [0.4, 0.5) is 4.79 Å². The largest absolute Gasteiger partial charge is 0.508 e. The molecule has 0 N–H and O–H groups in total. The van der Waals surface area contributed by atoms with Crippen molar-refractivity contribution in [1.29, 1.82) is 0 Å². The summed E-state index contributed by atoms with van der Waals surface area (Å²) in [6.07, 6.45) is 3.07. The molecule has 18 heavy (non-hydrogen) atoms. The van der Waals surface area contributed by atoms with Gasteiger partial charge in [-0.3, -0.25) is 0 Å². The van der Waals surface area contributed by atoms with Crippen molar-refractivity contribution in [3.63, 3.8) is 0 Å². The quantitative estimate of drug-likeness (QED) is 0.572. The highest BCUT2D eigenvalue weighted by Gasteiger charge is 2.58. The Morgan fingerprint density at radius 2 is 2.17 bits per heavy atom. The summed E-state index contributed by atoms with van der Waals surface area (Å²) in [6.45, 7) is 7.45. The van der Waals surface area contributed by atoms with Gasteiger partial charge in [-0.2, -0.15) is 0 Å². The van der Waals surface area contributed by atoms with Crippen molar-refractivity contribution in [2.75, 3.05) is 19.8 Å². The molecular weight excluding hydrogens is 232 g/mol. The number of ether oxygens (including phenoxy) is 3. The van der Waals surface area contributed by atoms with Gasteiger partial charge in [0, 0.05) is 5.41 Å². The van der Waals surface area contributed by atoms with E-state index in [1.807, 2.05) is 6.92 Å². The van der Waals surface area contributed by atoms with Gasteiger partial charge >= 0.3 is 6.16 Å². The van der Waals surface area contributed by atoms with E-state index in [0.29, 0.717) is 25.0 Å². The van der Waals surface area contributed by atoms with Gasteiger partial charge in [-0.05, 0) is 43.9 Å². The summed E-state index contributed by atoms with van der Waals surface area (Å²) >= 11 is 0. The fourth-order valence-corrected chi connectivity index (χ4v) is 4.14. The molecule has 2 bridgehead atoms. The van der Waals surface area contributed by atoms with Crippen LogP contribution in [-0.4, -0.2) is 26.0 Å². The number of rotatable bonds is 3. The lowest BCUT2D eigenvalue weighted by Gasteiger charge is -2.42. The Kier molecular flexibility index (Phi) is 2.76. The summed E-state index contributed by atoms with van der Waals surface area (Å²) in [5, 5.41) is 0. The third-order valence-corrected chi connectivity index (χ3v) is 4.77. The zero-order valence-electron chi connectivity index (χ0n) is 10.8. The molecule has 100 valence electrons. The Bertz CT molecular complexity index is 366. The minimum Gasteiger partial charge on any atom is -0.499 e. The van der Waals surface area contributed by atoms with Gasteiger partial charge in [0.1, 0.15) is 13.2 Å².